The number of hydrogen-bond acceptors (Lipinski definition) is 2. The normalized spacial score (nSPS) is 19.0. The van der Waals surface area contributed by atoms with Crippen molar-refractivity contribution in [3.63, 3.8) is 0 Å². The molecule has 0 fully saturated rings. The molecule has 0 aliphatic carbocycles. The van der Waals surface area contributed by atoms with E-state index < -0.39 is 5.60 Å². The quantitative estimate of drug-likeness (QED) is 0.696. The lowest BCUT2D eigenvalue weighted by atomic mass is 9.94. The van der Waals surface area contributed by atoms with E-state index in [1.54, 1.807) is 0 Å². The van der Waals surface area contributed by atoms with Crippen LogP contribution >= 0.6 is 0 Å². The van der Waals surface area contributed by atoms with E-state index in [-0.39, 0.29) is 0 Å². The minimum atomic E-state index is -0.445. The summed E-state index contributed by atoms with van der Waals surface area (Å²) in [6, 6.07) is 12.2. The van der Waals surface area contributed by atoms with E-state index in [2.05, 4.69) is 6.07 Å². The lowest BCUT2D eigenvalue weighted by molar-refractivity contribution is 0.0541. The van der Waals surface area contributed by atoms with E-state index in [0.717, 1.165) is 16.7 Å². The van der Waals surface area contributed by atoms with Gasteiger partial charge in [-0.3, -0.25) is 0 Å². The Morgan fingerprint density at radius 3 is 2.53 bits per heavy atom. The van der Waals surface area contributed by atoms with E-state index in [9.17, 15) is 0 Å². The van der Waals surface area contributed by atoms with Gasteiger partial charge in [-0.2, -0.15) is 5.26 Å². The second-order valence-electron chi connectivity index (χ2n) is 4.13. The van der Waals surface area contributed by atoms with Crippen molar-refractivity contribution in [1.82, 2.24) is 0 Å². The van der Waals surface area contributed by atoms with Gasteiger partial charge in [0.05, 0.1) is 23.9 Å². The first-order valence-electron chi connectivity index (χ1n) is 4.98. The van der Waals surface area contributed by atoms with Gasteiger partial charge in [0.15, 0.2) is 0 Å². The zero-order valence-corrected chi connectivity index (χ0v) is 8.95. The minimum Gasteiger partial charge on any atom is -0.365 e. The monoisotopic (exact) mass is 199 g/mol. The molecule has 0 radical (unpaired) electrons. The first kappa shape index (κ1) is 9.95. The molecular weight excluding hydrogens is 186 g/mol. The SMILES string of the molecule is CC1(C)OCC(c2ccccc2)=C1C#N. The van der Waals surface area contributed by atoms with Crippen LogP contribution in [0.2, 0.25) is 0 Å². The van der Waals surface area contributed by atoms with Crippen molar-refractivity contribution < 1.29 is 4.74 Å². The van der Waals surface area contributed by atoms with Gasteiger partial charge in [0.25, 0.3) is 0 Å². The van der Waals surface area contributed by atoms with E-state index in [0.29, 0.717) is 6.61 Å². The first-order valence-corrected chi connectivity index (χ1v) is 4.98. The van der Waals surface area contributed by atoms with Gasteiger partial charge in [-0.05, 0) is 19.4 Å². The number of hydrogen-bond donors (Lipinski definition) is 0. The minimum absolute atomic E-state index is 0.445. The van der Waals surface area contributed by atoms with Crippen molar-refractivity contribution >= 4 is 5.57 Å². The highest BCUT2D eigenvalue weighted by molar-refractivity contribution is 5.76. The van der Waals surface area contributed by atoms with Gasteiger partial charge in [-0.25, -0.2) is 0 Å². The van der Waals surface area contributed by atoms with Crippen LogP contribution in [0.1, 0.15) is 19.4 Å². The molecule has 1 aromatic rings. The predicted molar refractivity (Wildman–Crippen MR) is 59.0 cm³/mol. The van der Waals surface area contributed by atoms with Gasteiger partial charge < -0.3 is 4.74 Å². The lowest BCUT2D eigenvalue weighted by Crippen LogP contribution is -2.20. The van der Waals surface area contributed by atoms with Gasteiger partial charge in [-0.1, -0.05) is 30.3 Å². The molecule has 1 aliphatic heterocycles. The molecule has 0 bridgehead atoms. The summed E-state index contributed by atoms with van der Waals surface area (Å²) < 4.78 is 5.61. The van der Waals surface area contributed by atoms with Crippen LogP contribution in [-0.2, 0) is 4.74 Å². The molecule has 2 heteroatoms. The Kier molecular flexibility index (Phi) is 2.34. The number of ether oxygens (including phenoxy) is 1. The summed E-state index contributed by atoms with van der Waals surface area (Å²) in [5.41, 5.74) is 2.40. The molecule has 15 heavy (non-hydrogen) atoms. The van der Waals surface area contributed by atoms with E-state index in [1.165, 1.54) is 0 Å². The molecule has 1 heterocycles. The summed E-state index contributed by atoms with van der Waals surface area (Å²) in [6.07, 6.45) is 0. The number of nitriles is 1. The molecule has 0 saturated heterocycles. The maximum atomic E-state index is 9.15. The Morgan fingerprint density at radius 2 is 1.93 bits per heavy atom. The molecule has 0 saturated carbocycles. The van der Waals surface area contributed by atoms with Crippen molar-refractivity contribution in [2.45, 2.75) is 19.4 Å². The maximum Gasteiger partial charge on any atom is 0.0982 e. The average Bonchev–Trinajstić information content (AvgIpc) is 2.54. The molecule has 0 aromatic heterocycles. The summed E-state index contributed by atoms with van der Waals surface area (Å²) in [5, 5.41) is 9.15. The molecule has 1 aliphatic rings. The zero-order valence-electron chi connectivity index (χ0n) is 8.95. The third-order valence-electron chi connectivity index (χ3n) is 2.72. The van der Waals surface area contributed by atoms with E-state index in [1.807, 2.05) is 44.2 Å². The van der Waals surface area contributed by atoms with E-state index in [4.69, 9.17) is 10.00 Å². The second kappa shape index (κ2) is 3.52. The van der Waals surface area contributed by atoms with Crippen molar-refractivity contribution in [3.8, 4) is 6.07 Å². The highest BCUT2D eigenvalue weighted by Gasteiger charge is 2.34. The maximum absolute atomic E-state index is 9.15. The zero-order chi connectivity index (χ0) is 10.9. The summed E-state index contributed by atoms with van der Waals surface area (Å²) >= 11 is 0. The van der Waals surface area contributed by atoms with Crippen LogP contribution in [0.3, 0.4) is 0 Å². The van der Waals surface area contributed by atoms with Gasteiger partial charge in [0.1, 0.15) is 0 Å². The fraction of sp³-hybridized carbons (Fsp3) is 0.308. The van der Waals surface area contributed by atoms with Crippen LogP contribution in [0.5, 0.6) is 0 Å². The Bertz CT molecular complexity index is 437. The molecule has 0 amide bonds. The molecule has 2 nitrogen and oxygen atoms in total. The fourth-order valence-corrected chi connectivity index (χ4v) is 1.83. The van der Waals surface area contributed by atoms with Crippen LogP contribution in [0.15, 0.2) is 35.9 Å². The molecule has 0 spiro atoms. The number of benzene rings is 1. The summed E-state index contributed by atoms with van der Waals surface area (Å²) in [5.74, 6) is 0. The van der Waals surface area contributed by atoms with Crippen LogP contribution in [0, 0.1) is 11.3 Å². The molecule has 1 aromatic carbocycles. The van der Waals surface area contributed by atoms with E-state index >= 15 is 0 Å². The van der Waals surface area contributed by atoms with Crippen molar-refractivity contribution in [2.24, 2.45) is 0 Å². The van der Waals surface area contributed by atoms with Gasteiger partial charge in [-0.15, -0.1) is 0 Å². The molecule has 0 N–H and O–H groups in total. The number of nitrogens with zero attached hydrogens (tertiary/aromatic N) is 1. The summed E-state index contributed by atoms with van der Waals surface area (Å²) in [7, 11) is 0. The molecule has 0 atom stereocenters. The van der Waals surface area contributed by atoms with Gasteiger partial charge in [0, 0.05) is 5.57 Å². The Balaban J connectivity index is 2.51. The fourth-order valence-electron chi connectivity index (χ4n) is 1.83. The third-order valence-corrected chi connectivity index (χ3v) is 2.72. The first-order chi connectivity index (χ1) is 7.15. The highest BCUT2D eigenvalue weighted by Crippen LogP contribution is 2.35. The van der Waals surface area contributed by atoms with Crippen LogP contribution < -0.4 is 0 Å². The largest absolute Gasteiger partial charge is 0.365 e. The lowest BCUT2D eigenvalue weighted by Gasteiger charge is -2.16. The smallest absolute Gasteiger partial charge is 0.0982 e. The Hall–Kier alpha value is -1.59. The molecule has 2 rings (SSSR count). The highest BCUT2D eigenvalue weighted by atomic mass is 16.5. The number of rotatable bonds is 1. The Morgan fingerprint density at radius 1 is 1.27 bits per heavy atom. The molecular formula is C13H13NO. The van der Waals surface area contributed by atoms with Crippen LogP contribution in [0.25, 0.3) is 5.57 Å². The second-order valence-corrected chi connectivity index (χ2v) is 4.13. The van der Waals surface area contributed by atoms with Gasteiger partial charge in [0.2, 0.25) is 0 Å². The van der Waals surface area contributed by atoms with Crippen LogP contribution in [0.4, 0.5) is 0 Å². The van der Waals surface area contributed by atoms with Crippen molar-refractivity contribution in [1.29, 1.82) is 5.26 Å². The average molecular weight is 199 g/mol. The summed E-state index contributed by atoms with van der Waals surface area (Å²) in [6.45, 7) is 4.39. The van der Waals surface area contributed by atoms with Crippen molar-refractivity contribution in [3.05, 3.63) is 41.5 Å². The van der Waals surface area contributed by atoms with Crippen LogP contribution in [-0.4, -0.2) is 12.2 Å². The standard InChI is InChI=1S/C13H13NO/c1-13(2)12(8-14)11(9-15-13)10-6-4-3-5-7-10/h3-7H,9H2,1-2H3. The molecule has 76 valence electrons. The molecule has 0 unspecified atom stereocenters. The predicted octanol–water partition coefficient (Wildman–Crippen LogP) is 2.77. The topological polar surface area (TPSA) is 33.0 Å². The van der Waals surface area contributed by atoms with Gasteiger partial charge >= 0.3 is 0 Å². The summed E-state index contributed by atoms with van der Waals surface area (Å²) in [4.78, 5) is 0. The van der Waals surface area contributed by atoms with Crippen molar-refractivity contribution in [2.75, 3.05) is 6.61 Å². The Labute approximate surface area is 89.8 Å². The third kappa shape index (κ3) is 1.67.